The van der Waals surface area contributed by atoms with Gasteiger partial charge >= 0.3 is 6.04 Å². The maximum absolute atomic E-state index is 13.1. The molecule has 2 aromatic rings. The van der Waals surface area contributed by atoms with Crippen LogP contribution in [-0.4, -0.2) is 64.2 Å². The van der Waals surface area contributed by atoms with Gasteiger partial charge in [0.15, 0.2) is 0 Å². The van der Waals surface area contributed by atoms with Crippen molar-refractivity contribution in [1.29, 1.82) is 0 Å². The number of carbonyl (C=O) groups is 1. The number of amides is 1. The molecule has 0 bridgehead atoms. The highest BCUT2D eigenvalue weighted by atomic mass is 35.5. The van der Waals surface area contributed by atoms with Gasteiger partial charge in [-0.3, -0.25) is 19.8 Å². The second-order valence-electron chi connectivity index (χ2n) is 8.69. The number of nitro groups is 1. The Labute approximate surface area is 201 Å². The molecular weight excluding hydrogens is 467 g/mol. The molecular formula is C23H24Cl2N4O4. The molecule has 0 radical (unpaired) electrons. The summed E-state index contributed by atoms with van der Waals surface area (Å²) in [5.41, 5.74) is 0.839. The quantitative estimate of drug-likeness (QED) is 0.466. The number of oxime groups is 1. The van der Waals surface area contributed by atoms with Gasteiger partial charge in [0.25, 0.3) is 5.91 Å². The van der Waals surface area contributed by atoms with Gasteiger partial charge in [0.2, 0.25) is 11.3 Å². The van der Waals surface area contributed by atoms with Crippen molar-refractivity contribution in [3.05, 3.63) is 79.8 Å². The SMILES string of the molecule is CC1(C)ON=C(C(=O)N2CCN(C(c3ccc(Cl)cc3)c3ccc(Cl)cc3)CC2)C1[N+](=O)[O-]. The predicted octanol–water partition coefficient (Wildman–Crippen LogP) is 4.04. The molecule has 0 aromatic heterocycles. The number of piperazine rings is 1. The van der Waals surface area contributed by atoms with Crippen molar-refractivity contribution < 1.29 is 14.6 Å². The highest BCUT2D eigenvalue weighted by Gasteiger charge is 2.54. The molecule has 2 aliphatic heterocycles. The number of hydrogen-bond acceptors (Lipinski definition) is 6. The Balaban J connectivity index is 1.52. The number of carbonyl (C=O) groups excluding carboxylic acids is 1. The van der Waals surface area contributed by atoms with E-state index in [0.29, 0.717) is 36.2 Å². The molecule has 0 aliphatic carbocycles. The van der Waals surface area contributed by atoms with Crippen LogP contribution in [0.25, 0.3) is 0 Å². The fourth-order valence-corrected chi connectivity index (χ4v) is 4.61. The van der Waals surface area contributed by atoms with E-state index in [1.54, 1.807) is 18.7 Å². The van der Waals surface area contributed by atoms with Crippen molar-refractivity contribution in [2.75, 3.05) is 26.2 Å². The van der Waals surface area contributed by atoms with Crippen LogP contribution in [-0.2, 0) is 9.63 Å². The summed E-state index contributed by atoms with van der Waals surface area (Å²) in [6.45, 7) is 5.13. The van der Waals surface area contributed by atoms with Crippen LogP contribution >= 0.6 is 23.2 Å². The number of halogens is 2. The molecule has 0 N–H and O–H groups in total. The van der Waals surface area contributed by atoms with Crippen LogP contribution in [0.1, 0.15) is 31.0 Å². The van der Waals surface area contributed by atoms with E-state index in [9.17, 15) is 14.9 Å². The fourth-order valence-electron chi connectivity index (χ4n) is 4.36. The predicted molar refractivity (Wildman–Crippen MR) is 126 cm³/mol. The molecule has 1 atom stereocenters. The van der Waals surface area contributed by atoms with E-state index in [1.165, 1.54) is 0 Å². The molecule has 1 amide bonds. The molecule has 1 fully saturated rings. The zero-order valence-corrected chi connectivity index (χ0v) is 19.8. The summed E-state index contributed by atoms with van der Waals surface area (Å²) in [7, 11) is 0. The summed E-state index contributed by atoms with van der Waals surface area (Å²) in [6, 6.07) is 14.1. The Bertz CT molecular complexity index is 1020. The van der Waals surface area contributed by atoms with E-state index >= 15 is 0 Å². The molecule has 4 rings (SSSR count). The van der Waals surface area contributed by atoms with Gasteiger partial charge in [0.1, 0.15) is 0 Å². The summed E-state index contributed by atoms with van der Waals surface area (Å²) in [4.78, 5) is 33.2. The Kier molecular flexibility index (Phi) is 6.61. The van der Waals surface area contributed by atoms with Crippen LogP contribution in [0.15, 0.2) is 53.7 Å². The minimum Gasteiger partial charge on any atom is -0.381 e. The standard InChI is InChI=1S/C23H24Cl2N4O4/c1-23(2)21(29(31)32)19(26-33-23)22(30)28-13-11-27(12-14-28)20(15-3-7-17(24)8-4-15)16-5-9-18(25)10-6-16/h3-10,20-21H,11-14H2,1-2H3. The first kappa shape index (κ1) is 23.5. The average molecular weight is 491 g/mol. The fraction of sp³-hybridized carbons (Fsp3) is 0.391. The molecule has 0 saturated carbocycles. The first-order chi connectivity index (χ1) is 15.7. The summed E-state index contributed by atoms with van der Waals surface area (Å²) in [5, 5.41) is 16.7. The number of hydrogen-bond donors (Lipinski definition) is 0. The Morgan fingerprint density at radius 3 is 1.97 bits per heavy atom. The lowest BCUT2D eigenvalue weighted by Crippen LogP contribution is -2.55. The highest BCUT2D eigenvalue weighted by molar-refractivity contribution is 6.41. The molecule has 2 aromatic carbocycles. The summed E-state index contributed by atoms with van der Waals surface area (Å²) >= 11 is 12.2. The maximum Gasteiger partial charge on any atom is 0.304 e. The highest BCUT2D eigenvalue weighted by Crippen LogP contribution is 2.32. The van der Waals surface area contributed by atoms with Crippen molar-refractivity contribution in [3.63, 3.8) is 0 Å². The Morgan fingerprint density at radius 2 is 1.52 bits per heavy atom. The van der Waals surface area contributed by atoms with Crippen molar-refractivity contribution in [3.8, 4) is 0 Å². The van der Waals surface area contributed by atoms with E-state index < -0.39 is 22.5 Å². The Hall–Kier alpha value is -2.68. The molecule has 10 heteroatoms. The van der Waals surface area contributed by atoms with Gasteiger partial charge in [0, 0.05) is 41.1 Å². The van der Waals surface area contributed by atoms with Crippen LogP contribution < -0.4 is 0 Å². The monoisotopic (exact) mass is 490 g/mol. The lowest BCUT2D eigenvalue weighted by Gasteiger charge is -2.39. The summed E-state index contributed by atoms with van der Waals surface area (Å²) < 4.78 is 0. The number of rotatable bonds is 5. The maximum atomic E-state index is 13.1. The van der Waals surface area contributed by atoms with Crippen molar-refractivity contribution in [1.82, 2.24) is 9.80 Å². The van der Waals surface area contributed by atoms with Crippen molar-refractivity contribution in [2.24, 2.45) is 5.16 Å². The lowest BCUT2D eigenvalue weighted by atomic mass is 9.94. The molecule has 174 valence electrons. The first-order valence-corrected chi connectivity index (χ1v) is 11.4. The van der Waals surface area contributed by atoms with E-state index in [1.807, 2.05) is 48.5 Å². The average Bonchev–Trinajstić information content (AvgIpc) is 3.11. The van der Waals surface area contributed by atoms with Gasteiger partial charge in [0.05, 0.1) is 6.04 Å². The molecule has 2 aliphatic rings. The minimum absolute atomic E-state index is 0.0469. The summed E-state index contributed by atoms with van der Waals surface area (Å²) in [6.07, 6.45) is 0. The van der Waals surface area contributed by atoms with E-state index in [4.69, 9.17) is 28.0 Å². The minimum atomic E-state index is -1.29. The molecule has 33 heavy (non-hydrogen) atoms. The lowest BCUT2D eigenvalue weighted by molar-refractivity contribution is -0.519. The molecule has 1 unspecified atom stereocenters. The van der Waals surface area contributed by atoms with Crippen molar-refractivity contribution in [2.45, 2.75) is 31.5 Å². The van der Waals surface area contributed by atoms with E-state index in [2.05, 4.69) is 10.1 Å². The van der Waals surface area contributed by atoms with Gasteiger partial charge in [-0.25, -0.2) is 0 Å². The van der Waals surface area contributed by atoms with Gasteiger partial charge in [-0.2, -0.15) is 0 Å². The van der Waals surface area contributed by atoms with Crippen LogP contribution in [0.3, 0.4) is 0 Å². The van der Waals surface area contributed by atoms with Gasteiger partial charge < -0.3 is 9.74 Å². The van der Waals surface area contributed by atoms with Crippen molar-refractivity contribution >= 4 is 34.8 Å². The molecule has 2 heterocycles. The molecule has 8 nitrogen and oxygen atoms in total. The largest absolute Gasteiger partial charge is 0.381 e. The van der Waals surface area contributed by atoms with Gasteiger partial charge in [-0.15, -0.1) is 0 Å². The number of nitrogens with zero attached hydrogens (tertiary/aromatic N) is 4. The smallest absolute Gasteiger partial charge is 0.304 e. The number of benzene rings is 2. The Morgan fingerprint density at radius 1 is 1.03 bits per heavy atom. The van der Waals surface area contributed by atoms with Crippen LogP contribution in [0.2, 0.25) is 10.0 Å². The zero-order chi connectivity index (χ0) is 23.8. The first-order valence-electron chi connectivity index (χ1n) is 10.6. The summed E-state index contributed by atoms with van der Waals surface area (Å²) in [5.74, 6) is -0.448. The topological polar surface area (TPSA) is 88.3 Å². The second kappa shape index (κ2) is 9.29. The van der Waals surface area contributed by atoms with E-state index in [-0.39, 0.29) is 11.8 Å². The second-order valence-corrected chi connectivity index (χ2v) is 9.57. The molecule has 1 saturated heterocycles. The van der Waals surface area contributed by atoms with Gasteiger partial charge in [-0.05, 0) is 49.2 Å². The third kappa shape index (κ3) is 4.83. The van der Waals surface area contributed by atoms with Crippen LogP contribution in [0.4, 0.5) is 0 Å². The van der Waals surface area contributed by atoms with E-state index in [0.717, 1.165) is 11.1 Å². The third-order valence-electron chi connectivity index (χ3n) is 6.06. The normalized spacial score (nSPS) is 20.5. The third-order valence-corrected chi connectivity index (χ3v) is 6.57. The molecule has 0 spiro atoms. The van der Waals surface area contributed by atoms with Crippen LogP contribution in [0.5, 0.6) is 0 Å². The zero-order valence-electron chi connectivity index (χ0n) is 18.3. The van der Waals surface area contributed by atoms with Crippen LogP contribution in [0, 0.1) is 10.1 Å². The van der Waals surface area contributed by atoms with Gasteiger partial charge in [-0.1, -0.05) is 52.6 Å².